The van der Waals surface area contributed by atoms with Gasteiger partial charge >= 0.3 is 6.09 Å². The lowest BCUT2D eigenvalue weighted by Gasteiger charge is -2.39. The van der Waals surface area contributed by atoms with Gasteiger partial charge in [-0.2, -0.15) is 9.40 Å². The van der Waals surface area contributed by atoms with Crippen LogP contribution in [0.4, 0.5) is 4.79 Å². The molecule has 38 heavy (non-hydrogen) atoms. The van der Waals surface area contributed by atoms with Crippen molar-refractivity contribution in [2.24, 2.45) is 0 Å². The predicted octanol–water partition coefficient (Wildman–Crippen LogP) is 4.08. The zero-order valence-corrected chi connectivity index (χ0v) is 23.1. The average molecular weight is 543 g/mol. The van der Waals surface area contributed by atoms with E-state index in [2.05, 4.69) is 5.10 Å². The molecule has 0 aliphatic carbocycles. The average Bonchev–Trinajstić information content (AvgIpc) is 3.33. The van der Waals surface area contributed by atoms with Gasteiger partial charge in [-0.3, -0.25) is 4.68 Å². The highest BCUT2D eigenvalue weighted by Crippen LogP contribution is 2.26. The Kier molecular flexibility index (Phi) is 7.98. The second-order valence-corrected chi connectivity index (χ2v) is 12.0. The van der Waals surface area contributed by atoms with E-state index in [1.807, 2.05) is 45.0 Å². The van der Waals surface area contributed by atoms with Crippen LogP contribution in [0, 0.1) is 0 Å². The summed E-state index contributed by atoms with van der Waals surface area (Å²) in [5.41, 5.74) is 1.05. The molecule has 0 bridgehead atoms. The number of methoxy groups -OCH3 is 2. The normalized spacial score (nSPS) is 14.3. The summed E-state index contributed by atoms with van der Waals surface area (Å²) in [5.74, 6) is 1.39. The van der Waals surface area contributed by atoms with Crippen molar-refractivity contribution < 1.29 is 27.4 Å². The maximum absolute atomic E-state index is 13.8. The van der Waals surface area contributed by atoms with E-state index in [-0.39, 0.29) is 30.3 Å². The topological polar surface area (TPSA) is 103 Å². The van der Waals surface area contributed by atoms with E-state index in [9.17, 15) is 13.2 Å². The largest absolute Gasteiger partial charge is 0.497 e. The van der Waals surface area contributed by atoms with Gasteiger partial charge in [-0.15, -0.1) is 0 Å². The Morgan fingerprint density at radius 2 is 1.42 bits per heavy atom. The molecule has 1 fully saturated rings. The lowest BCUT2D eigenvalue weighted by atomic mass is 10.1. The Bertz CT molecular complexity index is 1290. The fraction of sp³-hybridized carbons (Fsp3) is 0.407. The van der Waals surface area contributed by atoms with Gasteiger partial charge in [0.1, 0.15) is 17.1 Å². The third-order valence-corrected chi connectivity index (χ3v) is 7.80. The number of nitrogens with zero attached hydrogens (tertiary/aromatic N) is 4. The van der Waals surface area contributed by atoms with Crippen molar-refractivity contribution in [1.82, 2.24) is 19.0 Å². The van der Waals surface area contributed by atoms with E-state index < -0.39 is 15.6 Å². The second kappa shape index (κ2) is 11.0. The molecule has 1 aliphatic heterocycles. The summed E-state index contributed by atoms with van der Waals surface area (Å²) in [6, 6.07) is 15.9. The van der Waals surface area contributed by atoms with Gasteiger partial charge in [0, 0.05) is 32.4 Å². The maximum atomic E-state index is 13.8. The molecule has 0 spiro atoms. The molecule has 2 aromatic carbocycles. The molecule has 1 saturated heterocycles. The van der Waals surface area contributed by atoms with Crippen molar-refractivity contribution in [2.45, 2.75) is 50.5 Å². The zero-order valence-electron chi connectivity index (χ0n) is 22.3. The molecule has 0 radical (unpaired) electrons. The standard InChI is InChI=1S/C27H34N4O6S/c1-27(2,3)37-26(32)29-18-22(19-29)31-15-14-25(28-31)38(33,34)30(16-20-6-10-23(35-4)11-7-20)17-21-8-12-24(36-5)13-9-21/h6-15,22H,16-19H2,1-5H3. The number of benzene rings is 2. The molecule has 0 saturated carbocycles. The van der Waals surface area contributed by atoms with Gasteiger partial charge < -0.3 is 19.1 Å². The van der Waals surface area contributed by atoms with Crippen molar-refractivity contribution >= 4 is 16.1 Å². The van der Waals surface area contributed by atoms with Gasteiger partial charge in [0.05, 0.1) is 20.3 Å². The number of carbonyl (C=O) groups excluding carboxylic acids is 1. The summed E-state index contributed by atoms with van der Waals surface area (Å²) < 4.78 is 46.4. The Morgan fingerprint density at radius 1 is 0.921 bits per heavy atom. The van der Waals surface area contributed by atoms with E-state index in [0.29, 0.717) is 24.6 Å². The van der Waals surface area contributed by atoms with E-state index in [0.717, 1.165) is 11.1 Å². The molecule has 1 aromatic heterocycles. The number of carbonyl (C=O) groups is 1. The number of ether oxygens (including phenoxy) is 3. The van der Waals surface area contributed by atoms with Crippen LogP contribution in [-0.4, -0.2) is 66.4 Å². The molecule has 3 aromatic rings. The summed E-state index contributed by atoms with van der Waals surface area (Å²) in [7, 11) is -0.778. The Labute approximate surface area is 223 Å². The Hall–Kier alpha value is -3.57. The summed E-state index contributed by atoms with van der Waals surface area (Å²) in [6.45, 7) is 6.56. The van der Waals surface area contributed by atoms with Crippen molar-refractivity contribution in [3.05, 3.63) is 71.9 Å². The summed E-state index contributed by atoms with van der Waals surface area (Å²) in [5, 5.41) is 4.35. The van der Waals surface area contributed by atoms with Crippen molar-refractivity contribution in [2.75, 3.05) is 27.3 Å². The molecular weight excluding hydrogens is 508 g/mol. The third kappa shape index (κ3) is 6.46. The first-order chi connectivity index (χ1) is 18.0. The number of rotatable bonds is 9. The van der Waals surface area contributed by atoms with Gasteiger partial charge in [-0.1, -0.05) is 24.3 Å². The van der Waals surface area contributed by atoms with E-state index >= 15 is 0 Å². The SMILES string of the molecule is COc1ccc(CN(Cc2ccc(OC)cc2)S(=O)(=O)c2ccn(C3CN(C(=O)OC(C)(C)C)C3)n2)cc1. The smallest absolute Gasteiger partial charge is 0.410 e. The number of hydrogen-bond acceptors (Lipinski definition) is 7. The maximum Gasteiger partial charge on any atom is 0.410 e. The summed E-state index contributed by atoms with van der Waals surface area (Å²) in [6.07, 6.45) is 1.25. The number of sulfonamides is 1. The number of likely N-dealkylation sites (tertiary alicyclic amines) is 1. The molecule has 1 amide bonds. The second-order valence-electron chi connectivity index (χ2n) is 10.1. The van der Waals surface area contributed by atoms with Gasteiger partial charge in [0.2, 0.25) is 0 Å². The van der Waals surface area contributed by atoms with Crippen LogP contribution in [0.3, 0.4) is 0 Å². The molecular formula is C27H34N4O6S. The van der Waals surface area contributed by atoms with Gasteiger partial charge in [-0.25, -0.2) is 13.2 Å². The van der Waals surface area contributed by atoms with Crippen LogP contribution in [0.2, 0.25) is 0 Å². The Morgan fingerprint density at radius 3 is 1.87 bits per heavy atom. The highest BCUT2D eigenvalue weighted by Gasteiger charge is 2.36. The molecule has 11 heteroatoms. The van der Waals surface area contributed by atoms with Gasteiger partial charge in [0.15, 0.2) is 5.03 Å². The molecule has 10 nitrogen and oxygen atoms in total. The lowest BCUT2D eigenvalue weighted by Crippen LogP contribution is -2.52. The van der Waals surface area contributed by atoms with Crippen LogP contribution in [0.5, 0.6) is 11.5 Å². The van der Waals surface area contributed by atoms with Crippen LogP contribution in [0.1, 0.15) is 37.9 Å². The van der Waals surface area contributed by atoms with Crippen LogP contribution in [0.25, 0.3) is 0 Å². The monoisotopic (exact) mass is 542 g/mol. The predicted molar refractivity (Wildman–Crippen MR) is 141 cm³/mol. The van der Waals surface area contributed by atoms with Crippen LogP contribution >= 0.6 is 0 Å². The Balaban J connectivity index is 1.52. The fourth-order valence-corrected chi connectivity index (χ4v) is 5.32. The van der Waals surface area contributed by atoms with E-state index in [4.69, 9.17) is 14.2 Å². The molecule has 204 valence electrons. The lowest BCUT2D eigenvalue weighted by molar-refractivity contribution is -0.000546. The van der Waals surface area contributed by atoms with Crippen molar-refractivity contribution in [3.8, 4) is 11.5 Å². The summed E-state index contributed by atoms with van der Waals surface area (Å²) >= 11 is 0. The molecule has 2 heterocycles. The van der Waals surface area contributed by atoms with Crippen LogP contribution in [0.15, 0.2) is 65.8 Å². The molecule has 0 unspecified atom stereocenters. The van der Waals surface area contributed by atoms with Gasteiger partial charge in [-0.05, 0) is 62.2 Å². The quantitative estimate of drug-likeness (QED) is 0.401. The minimum absolute atomic E-state index is 0.0461. The molecule has 1 aliphatic rings. The number of hydrogen-bond donors (Lipinski definition) is 0. The van der Waals surface area contributed by atoms with Crippen LogP contribution in [-0.2, 0) is 27.8 Å². The third-order valence-electron chi connectivity index (χ3n) is 6.11. The number of amides is 1. The summed E-state index contributed by atoms with van der Waals surface area (Å²) in [4.78, 5) is 13.8. The van der Waals surface area contributed by atoms with E-state index in [1.165, 1.54) is 10.4 Å². The minimum atomic E-state index is -3.95. The molecule has 0 atom stereocenters. The van der Waals surface area contributed by atoms with E-state index in [1.54, 1.807) is 54.3 Å². The molecule has 0 N–H and O–H groups in total. The first kappa shape index (κ1) is 27.5. The highest BCUT2D eigenvalue weighted by molar-refractivity contribution is 7.89. The highest BCUT2D eigenvalue weighted by atomic mass is 32.2. The van der Waals surface area contributed by atoms with Crippen LogP contribution < -0.4 is 9.47 Å². The molecule has 4 rings (SSSR count). The number of aromatic nitrogens is 2. The first-order valence-corrected chi connectivity index (χ1v) is 13.7. The van der Waals surface area contributed by atoms with Crippen molar-refractivity contribution in [1.29, 1.82) is 0 Å². The first-order valence-electron chi connectivity index (χ1n) is 12.3. The zero-order chi connectivity index (χ0) is 27.5. The van der Waals surface area contributed by atoms with Gasteiger partial charge in [0.25, 0.3) is 10.0 Å². The minimum Gasteiger partial charge on any atom is -0.497 e. The van der Waals surface area contributed by atoms with Crippen molar-refractivity contribution in [3.63, 3.8) is 0 Å². The fourth-order valence-electron chi connectivity index (χ4n) is 3.99.